The minimum absolute atomic E-state index is 0.152. The summed E-state index contributed by atoms with van der Waals surface area (Å²) in [6, 6.07) is 3.19. The second-order valence-corrected chi connectivity index (χ2v) is 6.17. The number of methoxy groups -OCH3 is 2. The maximum atomic E-state index is 12.4. The monoisotopic (exact) mass is 350 g/mol. The van der Waals surface area contributed by atoms with E-state index < -0.39 is 0 Å². The van der Waals surface area contributed by atoms with Crippen LogP contribution in [0.5, 0.6) is 11.5 Å². The number of ether oxygens (including phenoxy) is 3. The Balaban J connectivity index is 2.18. The van der Waals surface area contributed by atoms with Crippen LogP contribution in [0.25, 0.3) is 0 Å². The van der Waals surface area contributed by atoms with Crippen LogP contribution in [0.3, 0.4) is 0 Å². The molecule has 1 atom stereocenters. The Morgan fingerprint density at radius 1 is 1.24 bits per heavy atom. The van der Waals surface area contributed by atoms with Crippen molar-refractivity contribution in [3.05, 3.63) is 17.7 Å². The van der Waals surface area contributed by atoms with Crippen LogP contribution in [0.4, 0.5) is 5.69 Å². The summed E-state index contributed by atoms with van der Waals surface area (Å²) in [5.41, 5.74) is 0.766. The summed E-state index contributed by atoms with van der Waals surface area (Å²) in [5.74, 6) is 0.503. The van der Waals surface area contributed by atoms with E-state index in [2.05, 4.69) is 5.32 Å². The Labute approximate surface area is 148 Å². The highest BCUT2D eigenvalue weighted by molar-refractivity contribution is 6.04. The van der Waals surface area contributed by atoms with Crippen molar-refractivity contribution in [1.82, 2.24) is 4.90 Å². The summed E-state index contributed by atoms with van der Waals surface area (Å²) in [6.45, 7) is 0.767. The zero-order valence-electron chi connectivity index (χ0n) is 15.3. The van der Waals surface area contributed by atoms with Gasteiger partial charge in [-0.3, -0.25) is 9.59 Å². The first-order valence-corrected chi connectivity index (χ1v) is 8.35. The van der Waals surface area contributed by atoms with Crippen LogP contribution in [-0.4, -0.2) is 57.7 Å². The van der Waals surface area contributed by atoms with Crippen LogP contribution in [0.15, 0.2) is 12.1 Å². The van der Waals surface area contributed by atoms with E-state index >= 15 is 0 Å². The van der Waals surface area contributed by atoms with Gasteiger partial charge in [0, 0.05) is 33.2 Å². The van der Waals surface area contributed by atoms with Gasteiger partial charge in [0.05, 0.1) is 31.6 Å². The standard InChI is InChI=1S/C18H26N2O5/c1-20(2)18(22)13-10-15(23-3)16(24-4)11-14(13)19-17(21)8-7-12-6-5-9-25-12/h10-12H,5-9H2,1-4H3,(H,19,21)/t12-/m1/s1. The van der Waals surface area contributed by atoms with Crippen LogP contribution in [-0.2, 0) is 9.53 Å². The van der Waals surface area contributed by atoms with Crippen LogP contribution in [0.1, 0.15) is 36.0 Å². The molecule has 0 spiro atoms. The van der Waals surface area contributed by atoms with E-state index in [1.165, 1.54) is 19.1 Å². The minimum Gasteiger partial charge on any atom is -0.493 e. The second-order valence-electron chi connectivity index (χ2n) is 6.17. The highest BCUT2D eigenvalue weighted by Gasteiger charge is 2.21. The van der Waals surface area contributed by atoms with Gasteiger partial charge in [0.25, 0.3) is 5.91 Å². The third kappa shape index (κ3) is 4.85. The lowest BCUT2D eigenvalue weighted by Crippen LogP contribution is -2.24. The molecule has 1 heterocycles. The van der Waals surface area contributed by atoms with Gasteiger partial charge in [-0.25, -0.2) is 0 Å². The van der Waals surface area contributed by atoms with Crippen molar-refractivity contribution in [3.63, 3.8) is 0 Å². The quantitative estimate of drug-likeness (QED) is 0.816. The van der Waals surface area contributed by atoms with Crippen molar-refractivity contribution >= 4 is 17.5 Å². The van der Waals surface area contributed by atoms with Crippen molar-refractivity contribution in [2.75, 3.05) is 40.2 Å². The molecule has 0 aliphatic carbocycles. The average Bonchev–Trinajstić information content (AvgIpc) is 3.12. The summed E-state index contributed by atoms with van der Waals surface area (Å²) < 4.78 is 16.1. The largest absolute Gasteiger partial charge is 0.493 e. The number of anilines is 1. The first-order chi connectivity index (χ1) is 12.0. The zero-order valence-corrected chi connectivity index (χ0v) is 15.3. The lowest BCUT2D eigenvalue weighted by molar-refractivity contribution is -0.116. The molecule has 1 aromatic rings. The zero-order chi connectivity index (χ0) is 18.4. The second kappa shape index (κ2) is 8.71. The van der Waals surface area contributed by atoms with Crippen LogP contribution in [0.2, 0.25) is 0 Å². The van der Waals surface area contributed by atoms with Gasteiger partial charge >= 0.3 is 0 Å². The Morgan fingerprint density at radius 2 is 1.92 bits per heavy atom. The van der Waals surface area contributed by atoms with Crippen molar-refractivity contribution in [2.45, 2.75) is 31.8 Å². The summed E-state index contributed by atoms with van der Waals surface area (Å²) in [7, 11) is 6.32. The minimum atomic E-state index is -0.227. The molecule has 1 aliphatic heterocycles. The van der Waals surface area contributed by atoms with Gasteiger partial charge in [0.15, 0.2) is 11.5 Å². The molecule has 7 heteroatoms. The molecule has 1 aliphatic rings. The van der Waals surface area contributed by atoms with E-state index in [9.17, 15) is 9.59 Å². The summed E-state index contributed by atoms with van der Waals surface area (Å²) >= 11 is 0. The summed E-state index contributed by atoms with van der Waals surface area (Å²) in [6.07, 6.45) is 3.21. The predicted octanol–water partition coefficient (Wildman–Crippen LogP) is 2.30. The Bertz CT molecular complexity index is 624. The van der Waals surface area contributed by atoms with Crippen molar-refractivity contribution in [3.8, 4) is 11.5 Å². The fourth-order valence-corrected chi connectivity index (χ4v) is 2.78. The lowest BCUT2D eigenvalue weighted by atomic mass is 10.1. The van der Waals surface area contributed by atoms with E-state index in [-0.39, 0.29) is 17.9 Å². The van der Waals surface area contributed by atoms with E-state index in [4.69, 9.17) is 14.2 Å². The molecule has 0 aromatic heterocycles. The number of hydrogen-bond acceptors (Lipinski definition) is 5. The van der Waals surface area contributed by atoms with Gasteiger partial charge in [-0.2, -0.15) is 0 Å². The Morgan fingerprint density at radius 3 is 2.48 bits per heavy atom. The molecule has 7 nitrogen and oxygen atoms in total. The first-order valence-electron chi connectivity index (χ1n) is 8.35. The molecule has 25 heavy (non-hydrogen) atoms. The molecule has 1 aromatic carbocycles. The number of carbonyl (C=O) groups is 2. The third-order valence-electron chi connectivity index (χ3n) is 4.15. The molecular weight excluding hydrogens is 324 g/mol. The van der Waals surface area contributed by atoms with Crippen LogP contribution < -0.4 is 14.8 Å². The van der Waals surface area contributed by atoms with Crippen LogP contribution in [0, 0.1) is 0 Å². The molecule has 0 radical (unpaired) electrons. The summed E-state index contributed by atoms with van der Waals surface area (Å²) in [4.78, 5) is 26.2. The van der Waals surface area contributed by atoms with Gasteiger partial charge < -0.3 is 24.4 Å². The van der Waals surface area contributed by atoms with E-state index in [1.807, 2.05) is 0 Å². The number of nitrogens with one attached hydrogen (secondary N) is 1. The number of benzene rings is 1. The van der Waals surface area contributed by atoms with Gasteiger partial charge in [-0.1, -0.05) is 0 Å². The van der Waals surface area contributed by atoms with Gasteiger partial charge in [-0.05, 0) is 25.3 Å². The average molecular weight is 350 g/mol. The number of amides is 2. The SMILES string of the molecule is COc1cc(NC(=O)CC[C@H]2CCCO2)c(C(=O)N(C)C)cc1OC. The topological polar surface area (TPSA) is 77.1 Å². The van der Waals surface area contributed by atoms with E-state index in [0.717, 1.165) is 19.4 Å². The Hall–Kier alpha value is -2.28. The van der Waals surface area contributed by atoms with E-state index in [1.54, 1.807) is 26.2 Å². The number of rotatable bonds is 7. The molecule has 0 bridgehead atoms. The lowest BCUT2D eigenvalue weighted by Gasteiger charge is -2.18. The van der Waals surface area contributed by atoms with Crippen molar-refractivity contribution in [2.24, 2.45) is 0 Å². The molecule has 0 saturated carbocycles. The maximum Gasteiger partial charge on any atom is 0.255 e. The van der Waals surface area contributed by atoms with E-state index in [0.29, 0.717) is 35.6 Å². The fourth-order valence-electron chi connectivity index (χ4n) is 2.78. The molecular formula is C18H26N2O5. The normalized spacial score (nSPS) is 16.4. The highest BCUT2D eigenvalue weighted by atomic mass is 16.5. The molecule has 2 amide bonds. The number of carbonyl (C=O) groups excluding carboxylic acids is 2. The summed E-state index contributed by atoms with van der Waals surface area (Å²) in [5, 5.41) is 2.82. The predicted molar refractivity (Wildman–Crippen MR) is 94.4 cm³/mol. The van der Waals surface area contributed by atoms with Crippen molar-refractivity contribution in [1.29, 1.82) is 0 Å². The third-order valence-corrected chi connectivity index (χ3v) is 4.15. The molecule has 2 rings (SSSR count). The highest BCUT2D eigenvalue weighted by Crippen LogP contribution is 2.34. The molecule has 138 valence electrons. The smallest absolute Gasteiger partial charge is 0.255 e. The number of hydrogen-bond donors (Lipinski definition) is 1. The molecule has 1 fully saturated rings. The molecule has 1 N–H and O–H groups in total. The molecule has 0 unspecified atom stereocenters. The van der Waals surface area contributed by atoms with Crippen LogP contribution >= 0.6 is 0 Å². The maximum absolute atomic E-state index is 12.4. The molecule has 1 saturated heterocycles. The fraction of sp³-hybridized carbons (Fsp3) is 0.556. The van der Waals surface area contributed by atoms with Gasteiger partial charge in [0.1, 0.15) is 0 Å². The first kappa shape index (κ1) is 19.1. The van der Waals surface area contributed by atoms with Gasteiger partial charge in [0.2, 0.25) is 5.91 Å². The number of nitrogens with zero attached hydrogens (tertiary/aromatic N) is 1. The van der Waals surface area contributed by atoms with Crippen molar-refractivity contribution < 1.29 is 23.8 Å². The van der Waals surface area contributed by atoms with Gasteiger partial charge in [-0.15, -0.1) is 0 Å². The Kier molecular flexibility index (Phi) is 6.64.